The van der Waals surface area contributed by atoms with Gasteiger partial charge < -0.3 is 10.2 Å². The maximum absolute atomic E-state index is 13.4. The van der Waals surface area contributed by atoms with Crippen LogP contribution in [-0.4, -0.2) is 47.5 Å². The number of halogens is 2. The molecule has 1 aliphatic rings. The largest absolute Gasteiger partial charge is 0.480 e. The minimum absolute atomic E-state index is 0.0873. The summed E-state index contributed by atoms with van der Waals surface area (Å²) < 4.78 is 52.2. The Morgan fingerprint density at radius 3 is 2.41 bits per heavy atom. The van der Waals surface area contributed by atoms with Crippen LogP contribution in [0.4, 0.5) is 8.78 Å². The molecule has 0 bridgehead atoms. The van der Waals surface area contributed by atoms with Gasteiger partial charge in [0.15, 0.2) is 11.6 Å². The van der Waals surface area contributed by atoms with Crippen molar-refractivity contribution in [1.29, 1.82) is 0 Å². The number of carboxylic acids is 2. The quantitative estimate of drug-likeness (QED) is 0.845. The average Bonchev–Trinajstić information content (AvgIpc) is 2.91. The molecule has 0 radical (unpaired) electrons. The summed E-state index contributed by atoms with van der Waals surface area (Å²) in [4.78, 5) is 21.1. The fraction of sp³-hybridized carbons (Fsp3) is 0.333. The number of hydrogen-bond acceptors (Lipinski definition) is 4. The molecule has 120 valence electrons. The van der Waals surface area contributed by atoms with Gasteiger partial charge in [-0.3, -0.25) is 4.79 Å². The number of benzene rings is 1. The van der Waals surface area contributed by atoms with Gasteiger partial charge in [-0.05, 0) is 25.0 Å². The second kappa shape index (κ2) is 5.61. The van der Waals surface area contributed by atoms with Gasteiger partial charge in [0.05, 0.1) is 10.5 Å². The molecule has 2 N–H and O–H groups in total. The third-order valence-electron chi connectivity index (χ3n) is 3.33. The zero-order valence-electron chi connectivity index (χ0n) is 11.0. The third-order valence-corrected chi connectivity index (χ3v) is 5.21. The highest BCUT2D eigenvalue weighted by Gasteiger charge is 2.40. The van der Waals surface area contributed by atoms with E-state index in [1.165, 1.54) is 0 Å². The van der Waals surface area contributed by atoms with E-state index in [0.29, 0.717) is 22.9 Å². The first kappa shape index (κ1) is 16.3. The van der Waals surface area contributed by atoms with Crippen LogP contribution in [0.3, 0.4) is 0 Å². The number of carboxylic acid groups (broad SMARTS) is 2. The molecule has 0 aliphatic carbocycles. The number of rotatable bonds is 4. The molecule has 1 fully saturated rings. The number of aromatic carboxylic acids is 1. The Bertz CT molecular complexity index is 748. The maximum Gasteiger partial charge on any atom is 0.338 e. The lowest BCUT2D eigenvalue weighted by molar-refractivity contribution is -0.140. The highest BCUT2D eigenvalue weighted by Crippen LogP contribution is 2.28. The first-order valence-electron chi connectivity index (χ1n) is 6.13. The summed E-state index contributed by atoms with van der Waals surface area (Å²) >= 11 is 0. The van der Waals surface area contributed by atoms with Gasteiger partial charge in [-0.1, -0.05) is 0 Å². The molecule has 1 heterocycles. The highest BCUT2D eigenvalue weighted by atomic mass is 32.2. The van der Waals surface area contributed by atoms with E-state index in [-0.39, 0.29) is 13.0 Å². The molecule has 2 rings (SSSR count). The second-order valence-electron chi connectivity index (χ2n) is 4.68. The van der Waals surface area contributed by atoms with E-state index < -0.39 is 50.1 Å². The van der Waals surface area contributed by atoms with Gasteiger partial charge in [-0.2, -0.15) is 4.31 Å². The van der Waals surface area contributed by atoms with Gasteiger partial charge in [0.25, 0.3) is 0 Å². The maximum atomic E-state index is 13.4. The third kappa shape index (κ3) is 2.66. The Labute approximate surface area is 123 Å². The van der Waals surface area contributed by atoms with Gasteiger partial charge in [0.1, 0.15) is 6.04 Å². The van der Waals surface area contributed by atoms with Crippen LogP contribution < -0.4 is 0 Å². The summed E-state index contributed by atoms with van der Waals surface area (Å²) in [7, 11) is -4.45. The molecule has 1 saturated heterocycles. The SMILES string of the molecule is O=C(O)c1cc(S(=O)(=O)N2CCC[C@H]2C(=O)O)cc(F)c1F. The fourth-order valence-electron chi connectivity index (χ4n) is 2.28. The predicted molar refractivity (Wildman–Crippen MR) is 67.9 cm³/mol. The van der Waals surface area contributed by atoms with Crippen LogP contribution >= 0.6 is 0 Å². The van der Waals surface area contributed by atoms with Crippen molar-refractivity contribution in [3.63, 3.8) is 0 Å². The Morgan fingerprint density at radius 1 is 1.23 bits per heavy atom. The van der Waals surface area contributed by atoms with Crippen LogP contribution in [0, 0.1) is 11.6 Å². The van der Waals surface area contributed by atoms with Crippen molar-refractivity contribution in [2.45, 2.75) is 23.8 Å². The van der Waals surface area contributed by atoms with E-state index in [2.05, 4.69) is 0 Å². The highest BCUT2D eigenvalue weighted by molar-refractivity contribution is 7.89. The van der Waals surface area contributed by atoms with E-state index in [9.17, 15) is 26.8 Å². The van der Waals surface area contributed by atoms with Crippen LogP contribution in [0.5, 0.6) is 0 Å². The molecule has 7 nitrogen and oxygen atoms in total. The summed E-state index contributed by atoms with van der Waals surface area (Å²) in [6, 6.07) is -0.492. The van der Waals surface area contributed by atoms with E-state index in [4.69, 9.17) is 10.2 Å². The van der Waals surface area contributed by atoms with Crippen molar-refractivity contribution >= 4 is 22.0 Å². The van der Waals surface area contributed by atoms with Crippen LogP contribution in [0.2, 0.25) is 0 Å². The number of carbonyl (C=O) groups is 2. The van der Waals surface area contributed by atoms with Gasteiger partial charge in [0, 0.05) is 6.54 Å². The molecule has 10 heteroatoms. The standard InChI is InChI=1S/C12H11F2NO6S/c13-8-5-6(4-7(10(8)14)11(16)17)22(20,21)15-3-1-2-9(15)12(18)19/h4-5,9H,1-3H2,(H,16,17)(H,18,19)/t9-/m0/s1. The lowest BCUT2D eigenvalue weighted by atomic mass is 10.2. The number of hydrogen-bond donors (Lipinski definition) is 2. The fourth-order valence-corrected chi connectivity index (χ4v) is 3.97. The van der Waals surface area contributed by atoms with Crippen molar-refractivity contribution in [1.82, 2.24) is 4.31 Å². The second-order valence-corrected chi connectivity index (χ2v) is 6.57. The Morgan fingerprint density at radius 2 is 1.86 bits per heavy atom. The first-order valence-corrected chi connectivity index (χ1v) is 7.57. The smallest absolute Gasteiger partial charge is 0.338 e. The van der Waals surface area contributed by atoms with Gasteiger partial charge in [-0.25, -0.2) is 22.0 Å². The van der Waals surface area contributed by atoms with Crippen molar-refractivity contribution in [3.8, 4) is 0 Å². The molecule has 0 saturated carbocycles. The molecular weight excluding hydrogens is 324 g/mol. The summed E-state index contributed by atoms with van der Waals surface area (Å²) in [5.74, 6) is -6.50. The number of nitrogens with zero attached hydrogens (tertiary/aromatic N) is 1. The molecule has 1 aromatic carbocycles. The molecule has 1 aromatic rings. The summed E-state index contributed by atoms with van der Waals surface area (Å²) in [5, 5.41) is 17.8. The van der Waals surface area contributed by atoms with E-state index in [1.54, 1.807) is 0 Å². The molecular formula is C12H11F2NO6S. The lowest BCUT2D eigenvalue weighted by Gasteiger charge is -2.21. The summed E-state index contributed by atoms with van der Waals surface area (Å²) in [6.07, 6.45) is 0.385. The molecule has 1 atom stereocenters. The van der Waals surface area contributed by atoms with Crippen molar-refractivity contribution in [2.24, 2.45) is 0 Å². The molecule has 0 spiro atoms. The van der Waals surface area contributed by atoms with Crippen molar-refractivity contribution in [2.75, 3.05) is 6.54 Å². The molecule has 0 aromatic heterocycles. The van der Waals surface area contributed by atoms with Crippen molar-refractivity contribution < 1.29 is 37.0 Å². The summed E-state index contributed by atoms with van der Waals surface area (Å²) in [5.41, 5.74) is -1.13. The monoisotopic (exact) mass is 335 g/mol. The minimum Gasteiger partial charge on any atom is -0.480 e. The first-order chi connectivity index (χ1) is 10.2. The minimum atomic E-state index is -4.45. The van der Waals surface area contributed by atoms with Crippen LogP contribution in [0.1, 0.15) is 23.2 Å². The predicted octanol–water partition coefficient (Wildman–Crippen LogP) is 0.901. The van der Waals surface area contributed by atoms with Crippen LogP contribution in [0.15, 0.2) is 17.0 Å². The topological polar surface area (TPSA) is 112 Å². The zero-order chi connectivity index (χ0) is 16.7. The molecule has 22 heavy (non-hydrogen) atoms. The molecule has 0 amide bonds. The van der Waals surface area contributed by atoms with Crippen LogP contribution in [-0.2, 0) is 14.8 Å². The number of aliphatic carboxylic acids is 1. The number of sulfonamides is 1. The zero-order valence-corrected chi connectivity index (χ0v) is 11.8. The normalized spacial score (nSPS) is 19.3. The van der Waals surface area contributed by atoms with E-state index in [0.717, 1.165) is 0 Å². The van der Waals surface area contributed by atoms with Crippen molar-refractivity contribution in [3.05, 3.63) is 29.3 Å². The average molecular weight is 335 g/mol. The molecule has 0 unspecified atom stereocenters. The summed E-state index contributed by atoms with van der Waals surface area (Å²) in [6.45, 7) is -0.0965. The Kier molecular flexibility index (Phi) is 4.16. The Balaban J connectivity index is 2.55. The van der Waals surface area contributed by atoms with E-state index in [1.807, 2.05) is 0 Å². The van der Waals surface area contributed by atoms with Gasteiger partial charge in [0.2, 0.25) is 10.0 Å². The van der Waals surface area contributed by atoms with Gasteiger partial charge in [-0.15, -0.1) is 0 Å². The lowest BCUT2D eigenvalue weighted by Crippen LogP contribution is -2.40. The molecule has 1 aliphatic heterocycles. The van der Waals surface area contributed by atoms with E-state index >= 15 is 0 Å². The van der Waals surface area contributed by atoms with Crippen LogP contribution in [0.25, 0.3) is 0 Å². The Hall–Kier alpha value is -2.07. The van der Waals surface area contributed by atoms with Gasteiger partial charge >= 0.3 is 11.9 Å².